The summed E-state index contributed by atoms with van der Waals surface area (Å²) >= 11 is 0. The third-order valence-electron chi connectivity index (χ3n) is 2.53. The van der Waals surface area contributed by atoms with E-state index in [1.54, 1.807) is 6.07 Å². The lowest BCUT2D eigenvalue weighted by molar-refractivity contribution is -0.138. The second kappa shape index (κ2) is 7.05. The molecule has 0 bridgehead atoms. The lowest BCUT2D eigenvalue weighted by Crippen LogP contribution is -2.26. The zero-order chi connectivity index (χ0) is 15.2. The maximum Gasteiger partial charge on any atom is 0.416 e. The van der Waals surface area contributed by atoms with E-state index in [-0.39, 0.29) is 18.7 Å². The molecule has 4 nitrogen and oxygen atoms in total. The molecule has 0 aliphatic carbocycles. The average Bonchev–Trinajstić information content (AvgIpc) is 2.31. The highest BCUT2D eigenvalue weighted by Crippen LogP contribution is 2.31. The molecule has 20 heavy (non-hydrogen) atoms. The van der Waals surface area contributed by atoms with Gasteiger partial charge in [0.05, 0.1) is 11.8 Å². The molecule has 0 aliphatic rings. The summed E-state index contributed by atoms with van der Waals surface area (Å²) in [6, 6.07) is 5.37. The van der Waals surface area contributed by atoms with Crippen molar-refractivity contribution in [1.82, 2.24) is 10.0 Å². The first-order chi connectivity index (χ1) is 9.20. The average molecular weight is 310 g/mol. The summed E-state index contributed by atoms with van der Waals surface area (Å²) in [6.45, 7) is 0.774. The number of halogens is 3. The molecule has 0 radical (unpaired) electrons. The van der Waals surface area contributed by atoms with Crippen LogP contribution in [-0.4, -0.2) is 27.8 Å². The van der Waals surface area contributed by atoms with Gasteiger partial charge in [-0.1, -0.05) is 18.2 Å². The Hall–Kier alpha value is -1.12. The fourth-order valence-electron chi connectivity index (χ4n) is 1.65. The highest BCUT2D eigenvalue weighted by Gasteiger charge is 2.32. The highest BCUT2D eigenvalue weighted by molar-refractivity contribution is 7.88. The van der Waals surface area contributed by atoms with Crippen molar-refractivity contribution in [3.63, 3.8) is 0 Å². The Kier molecular flexibility index (Phi) is 5.97. The number of hydrogen-bond donors (Lipinski definition) is 2. The van der Waals surface area contributed by atoms with Gasteiger partial charge < -0.3 is 5.32 Å². The van der Waals surface area contributed by atoms with Crippen molar-refractivity contribution in [2.75, 3.05) is 19.3 Å². The monoisotopic (exact) mass is 310 g/mol. The molecule has 1 aromatic rings. The van der Waals surface area contributed by atoms with Crippen molar-refractivity contribution in [3.05, 3.63) is 35.4 Å². The van der Waals surface area contributed by atoms with E-state index in [4.69, 9.17) is 0 Å². The predicted octanol–water partition coefficient (Wildman–Crippen LogP) is 1.73. The molecule has 114 valence electrons. The maximum absolute atomic E-state index is 12.7. The quantitative estimate of drug-likeness (QED) is 0.754. The zero-order valence-corrected chi connectivity index (χ0v) is 11.8. The van der Waals surface area contributed by atoms with Crippen molar-refractivity contribution >= 4 is 10.0 Å². The number of nitrogens with one attached hydrogen (secondary N) is 2. The minimum absolute atomic E-state index is 0.0918. The van der Waals surface area contributed by atoms with Crippen LogP contribution in [0.4, 0.5) is 13.2 Å². The van der Waals surface area contributed by atoms with Gasteiger partial charge in [0.1, 0.15) is 0 Å². The fourth-order valence-corrected chi connectivity index (χ4v) is 2.16. The van der Waals surface area contributed by atoms with Gasteiger partial charge in [-0.05, 0) is 24.6 Å². The van der Waals surface area contributed by atoms with Gasteiger partial charge in [-0.3, -0.25) is 0 Å². The second-order valence-electron chi connectivity index (χ2n) is 4.35. The van der Waals surface area contributed by atoms with E-state index in [1.165, 1.54) is 12.1 Å². The smallest absolute Gasteiger partial charge is 0.313 e. The third-order valence-corrected chi connectivity index (χ3v) is 3.26. The summed E-state index contributed by atoms with van der Waals surface area (Å²) < 4.78 is 62.0. The summed E-state index contributed by atoms with van der Waals surface area (Å²) in [5.41, 5.74) is -0.474. The van der Waals surface area contributed by atoms with Gasteiger partial charge >= 0.3 is 6.18 Å². The Balaban J connectivity index is 2.40. The van der Waals surface area contributed by atoms with Crippen molar-refractivity contribution < 1.29 is 21.6 Å². The van der Waals surface area contributed by atoms with Crippen molar-refractivity contribution in [2.24, 2.45) is 0 Å². The molecule has 0 heterocycles. The molecule has 1 aromatic carbocycles. The molecule has 2 N–H and O–H groups in total. The van der Waals surface area contributed by atoms with Gasteiger partial charge in [0.2, 0.25) is 10.0 Å². The Labute approximate surface area is 116 Å². The normalized spacial score (nSPS) is 12.6. The van der Waals surface area contributed by atoms with Crippen molar-refractivity contribution in [2.45, 2.75) is 19.1 Å². The van der Waals surface area contributed by atoms with Gasteiger partial charge in [0.15, 0.2) is 0 Å². The number of rotatable bonds is 7. The van der Waals surface area contributed by atoms with E-state index >= 15 is 0 Å². The predicted molar refractivity (Wildman–Crippen MR) is 70.6 cm³/mol. The van der Waals surface area contributed by atoms with Gasteiger partial charge in [-0.25, -0.2) is 13.1 Å². The fraction of sp³-hybridized carbons (Fsp3) is 0.500. The van der Waals surface area contributed by atoms with Gasteiger partial charge in [0, 0.05) is 13.1 Å². The lowest BCUT2D eigenvalue weighted by atomic mass is 10.1. The van der Waals surface area contributed by atoms with Gasteiger partial charge in [0.25, 0.3) is 0 Å². The molecule has 0 saturated heterocycles. The number of alkyl halides is 3. The highest BCUT2D eigenvalue weighted by atomic mass is 32.2. The van der Waals surface area contributed by atoms with Crippen molar-refractivity contribution in [3.8, 4) is 0 Å². The molecular formula is C12H17F3N2O2S. The van der Waals surface area contributed by atoms with Crippen LogP contribution in [0.3, 0.4) is 0 Å². The topological polar surface area (TPSA) is 58.2 Å². The maximum atomic E-state index is 12.7. The van der Waals surface area contributed by atoms with Crippen LogP contribution < -0.4 is 10.0 Å². The summed E-state index contributed by atoms with van der Waals surface area (Å²) in [5, 5.41) is 2.87. The molecule has 0 amide bonds. The molecule has 0 unspecified atom stereocenters. The Morgan fingerprint density at radius 3 is 2.40 bits per heavy atom. The molecule has 0 fully saturated rings. The summed E-state index contributed by atoms with van der Waals surface area (Å²) in [6.07, 6.45) is -2.81. The minimum Gasteiger partial charge on any atom is -0.313 e. The molecule has 0 aromatic heterocycles. The van der Waals surface area contributed by atoms with E-state index in [2.05, 4.69) is 10.0 Å². The van der Waals surface area contributed by atoms with Crippen LogP contribution in [0.25, 0.3) is 0 Å². The first-order valence-electron chi connectivity index (χ1n) is 6.00. The van der Waals surface area contributed by atoms with E-state index in [0.717, 1.165) is 12.3 Å². The first kappa shape index (κ1) is 16.9. The first-order valence-corrected chi connectivity index (χ1v) is 7.90. The van der Waals surface area contributed by atoms with Gasteiger partial charge in [-0.15, -0.1) is 0 Å². The summed E-state index contributed by atoms with van der Waals surface area (Å²) in [4.78, 5) is 0. The number of hydrogen-bond acceptors (Lipinski definition) is 3. The van der Waals surface area contributed by atoms with Crippen LogP contribution in [0, 0.1) is 0 Å². The Morgan fingerprint density at radius 1 is 1.15 bits per heavy atom. The third kappa shape index (κ3) is 6.36. The Morgan fingerprint density at radius 2 is 1.80 bits per heavy atom. The van der Waals surface area contributed by atoms with Crippen LogP contribution in [0.2, 0.25) is 0 Å². The largest absolute Gasteiger partial charge is 0.416 e. The Bertz CT molecular complexity index is 530. The standard InChI is InChI=1S/C12H17F3N2O2S/c1-20(18,19)17-8-4-7-16-9-10-5-2-3-6-11(10)12(13,14)15/h2-3,5-6,16-17H,4,7-9H2,1H3. The lowest BCUT2D eigenvalue weighted by Gasteiger charge is -2.13. The van der Waals surface area contributed by atoms with Crippen molar-refractivity contribution in [1.29, 1.82) is 0 Å². The van der Waals surface area contributed by atoms with Crippen LogP contribution >= 0.6 is 0 Å². The molecule has 8 heteroatoms. The molecular weight excluding hydrogens is 293 g/mol. The second-order valence-corrected chi connectivity index (χ2v) is 6.18. The van der Waals surface area contributed by atoms with Crippen LogP contribution in [-0.2, 0) is 22.7 Å². The van der Waals surface area contributed by atoms with Crippen LogP contribution in [0.15, 0.2) is 24.3 Å². The number of benzene rings is 1. The summed E-state index contributed by atoms with van der Waals surface area (Å²) in [5.74, 6) is 0. The van der Waals surface area contributed by atoms with E-state index in [1.807, 2.05) is 0 Å². The molecule has 0 atom stereocenters. The molecule has 1 rings (SSSR count). The zero-order valence-electron chi connectivity index (χ0n) is 11.0. The molecule has 0 saturated carbocycles. The van der Waals surface area contributed by atoms with Gasteiger partial charge in [-0.2, -0.15) is 13.2 Å². The molecule has 0 aliphatic heterocycles. The summed E-state index contributed by atoms with van der Waals surface area (Å²) in [7, 11) is -3.22. The SMILES string of the molecule is CS(=O)(=O)NCCCNCc1ccccc1C(F)(F)F. The number of sulfonamides is 1. The van der Waals surface area contributed by atoms with Crippen LogP contribution in [0.1, 0.15) is 17.5 Å². The van der Waals surface area contributed by atoms with E-state index in [0.29, 0.717) is 13.0 Å². The minimum atomic E-state index is -4.36. The molecule has 0 spiro atoms. The van der Waals surface area contributed by atoms with E-state index < -0.39 is 21.8 Å². The van der Waals surface area contributed by atoms with E-state index in [9.17, 15) is 21.6 Å². The van der Waals surface area contributed by atoms with Crippen LogP contribution in [0.5, 0.6) is 0 Å².